The van der Waals surface area contributed by atoms with Crippen molar-refractivity contribution in [2.45, 2.75) is 51.6 Å². The molecular formula is C22H26N6. The van der Waals surface area contributed by atoms with Gasteiger partial charge in [0.2, 0.25) is 0 Å². The summed E-state index contributed by atoms with van der Waals surface area (Å²) in [6.45, 7) is 2.85. The van der Waals surface area contributed by atoms with Gasteiger partial charge in [-0.3, -0.25) is 0 Å². The molecule has 5 N–H and O–H groups in total. The lowest BCUT2D eigenvalue weighted by Crippen LogP contribution is -2.30. The first-order valence-electron chi connectivity index (χ1n) is 10.1. The van der Waals surface area contributed by atoms with Crippen LogP contribution in [0.25, 0.3) is 33.3 Å². The van der Waals surface area contributed by atoms with Crippen molar-refractivity contribution in [3.8, 4) is 11.3 Å². The van der Waals surface area contributed by atoms with Crippen molar-refractivity contribution in [3.05, 3.63) is 41.7 Å². The Kier molecular flexibility index (Phi) is 4.28. The predicted octanol–water partition coefficient (Wildman–Crippen LogP) is 4.42. The fourth-order valence-electron chi connectivity index (χ4n) is 4.34. The molecule has 3 aromatic heterocycles. The molecule has 1 aliphatic rings. The second-order valence-electron chi connectivity index (χ2n) is 7.94. The number of pyridine rings is 1. The van der Waals surface area contributed by atoms with Crippen molar-refractivity contribution >= 4 is 27.9 Å². The predicted molar refractivity (Wildman–Crippen MR) is 114 cm³/mol. The Bertz CT molecular complexity index is 1130. The molecule has 6 nitrogen and oxygen atoms in total. The number of aromatic amines is 2. The minimum absolute atomic E-state index is 0.477. The smallest absolute Gasteiger partial charge is 0.180 e. The van der Waals surface area contributed by atoms with Gasteiger partial charge in [0, 0.05) is 34.7 Å². The molecule has 1 aromatic carbocycles. The first-order chi connectivity index (χ1) is 13.7. The Morgan fingerprint density at radius 1 is 1.07 bits per heavy atom. The maximum atomic E-state index is 6.01. The number of H-pyrrole nitrogens is 2. The van der Waals surface area contributed by atoms with Crippen LogP contribution in [0.3, 0.4) is 0 Å². The van der Waals surface area contributed by atoms with Gasteiger partial charge in [-0.2, -0.15) is 0 Å². The summed E-state index contributed by atoms with van der Waals surface area (Å²) in [7, 11) is 0. The number of nitrogens with zero attached hydrogens (tertiary/aromatic N) is 2. The van der Waals surface area contributed by atoms with E-state index in [0.717, 1.165) is 34.7 Å². The molecule has 28 heavy (non-hydrogen) atoms. The van der Waals surface area contributed by atoms with Crippen LogP contribution in [0.2, 0.25) is 0 Å². The van der Waals surface area contributed by atoms with Crippen LogP contribution in [0.4, 0.5) is 5.82 Å². The highest BCUT2D eigenvalue weighted by atomic mass is 15.0. The number of imidazole rings is 1. The number of aryl methyl sites for hydroxylation is 1. The summed E-state index contributed by atoms with van der Waals surface area (Å²) in [5.74, 6) is 1.31. The van der Waals surface area contributed by atoms with E-state index >= 15 is 0 Å². The molecule has 4 aromatic rings. The zero-order valence-corrected chi connectivity index (χ0v) is 16.2. The standard InChI is InChI=1S/C22H26N6/c1-13-25-21-17(11-20(23)28-22(21)26-13)19-10-15-9-14(7-8-18(15)27-19)12-24-16-5-3-2-4-6-16/h7-11,16,24,27H,2-6,12H2,1H3,(H3,23,25,26,28). The molecular weight excluding hydrogens is 348 g/mol. The third kappa shape index (κ3) is 3.24. The van der Waals surface area contributed by atoms with Crippen molar-refractivity contribution in [3.63, 3.8) is 0 Å². The van der Waals surface area contributed by atoms with Gasteiger partial charge in [0.25, 0.3) is 0 Å². The normalized spacial score (nSPS) is 15.6. The third-order valence-electron chi connectivity index (χ3n) is 5.78. The van der Waals surface area contributed by atoms with E-state index < -0.39 is 0 Å². The van der Waals surface area contributed by atoms with E-state index in [0.29, 0.717) is 17.5 Å². The summed E-state index contributed by atoms with van der Waals surface area (Å²) >= 11 is 0. The van der Waals surface area contributed by atoms with Gasteiger partial charge < -0.3 is 21.0 Å². The Hall–Kier alpha value is -2.86. The van der Waals surface area contributed by atoms with Gasteiger partial charge in [-0.05, 0) is 49.6 Å². The van der Waals surface area contributed by atoms with Gasteiger partial charge in [0.05, 0.1) is 5.52 Å². The number of aromatic nitrogens is 4. The van der Waals surface area contributed by atoms with E-state index in [2.05, 4.69) is 49.5 Å². The molecule has 0 aliphatic heterocycles. The van der Waals surface area contributed by atoms with E-state index in [9.17, 15) is 0 Å². The van der Waals surface area contributed by atoms with E-state index in [-0.39, 0.29) is 0 Å². The van der Waals surface area contributed by atoms with Gasteiger partial charge in [-0.25, -0.2) is 9.97 Å². The number of benzene rings is 1. The number of nitrogens with one attached hydrogen (secondary N) is 3. The number of rotatable bonds is 4. The van der Waals surface area contributed by atoms with E-state index in [1.165, 1.54) is 43.1 Å². The fraction of sp³-hybridized carbons (Fsp3) is 0.364. The van der Waals surface area contributed by atoms with E-state index in [1.54, 1.807) is 0 Å². The Balaban J connectivity index is 1.45. The summed E-state index contributed by atoms with van der Waals surface area (Å²) in [4.78, 5) is 15.6. The highest BCUT2D eigenvalue weighted by Gasteiger charge is 2.14. The number of fused-ring (bicyclic) bond motifs is 2. The molecule has 0 amide bonds. The first kappa shape index (κ1) is 17.3. The van der Waals surface area contributed by atoms with Crippen LogP contribution < -0.4 is 11.1 Å². The summed E-state index contributed by atoms with van der Waals surface area (Å²) in [6, 6.07) is 11.4. The van der Waals surface area contributed by atoms with Crippen LogP contribution in [0.15, 0.2) is 30.3 Å². The molecule has 1 fully saturated rings. The molecule has 0 radical (unpaired) electrons. The maximum Gasteiger partial charge on any atom is 0.180 e. The summed E-state index contributed by atoms with van der Waals surface area (Å²) in [5.41, 5.74) is 12.0. The average Bonchev–Trinajstić information content (AvgIpc) is 3.28. The summed E-state index contributed by atoms with van der Waals surface area (Å²) in [6.07, 6.45) is 6.71. The zero-order valence-electron chi connectivity index (χ0n) is 16.2. The van der Waals surface area contributed by atoms with E-state index in [4.69, 9.17) is 5.73 Å². The van der Waals surface area contributed by atoms with Gasteiger partial charge in [0.1, 0.15) is 11.6 Å². The lowest BCUT2D eigenvalue weighted by molar-refractivity contribution is 0.372. The number of nitrogens with two attached hydrogens (primary N) is 1. The molecule has 0 unspecified atom stereocenters. The Morgan fingerprint density at radius 2 is 1.93 bits per heavy atom. The molecule has 0 bridgehead atoms. The van der Waals surface area contributed by atoms with Gasteiger partial charge >= 0.3 is 0 Å². The average molecular weight is 374 g/mol. The summed E-state index contributed by atoms with van der Waals surface area (Å²) < 4.78 is 0. The number of nitrogen functional groups attached to an aromatic ring is 1. The van der Waals surface area contributed by atoms with Crippen molar-refractivity contribution in [2.75, 3.05) is 5.73 Å². The minimum atomic E-state index is 0.477. The lowest BCUT2D eigenvalue weighted by Gasteiger charge is -2.22. The van der Waals surface area contributed by atoms with Crippen molar-refractivity contribution in [1.82, 2.24) is 25.3 Å². The molecule has 0 atom stereocenters. The summed E-state index contributed by atoms with van der Waals surface area (Å²) in [5, 5.41) is 4.93. The van der Waals surface area contributed by atoms with Crippen LogP contribution >= 0.6 is 0 Å². The lowest BCUT2D eigenvalue weighted by atomic mass is 9.95. The minimum Gasteiger partial charge on any atom is -0.384 e. The highest BCUT2D eigenvalue weighted by Crippen LogP contribution is 2.30. The molecule has 3 heterocycles. The van der Waals surface area contributed by atoms with E-state index in [1.807, 2.05) is 13.0 Å². The SMILES string of the molecule is Cc1nc2nc(N)cc(-c3cc4cc(CNC5CCCCC5)ccc4[nH]3)c2[nH]1. The Labute approximate surface area is 164 Å². The van der Waals surface area contributed by atoms with Crippen LogP contribution in [0.1, 0.15) is 43.5 Å². The van der Waals surface area contributed by atoms with Crippen molar-refractivity contribution in [2.24, 2.45) is 0 Å². The molecule has 0 saturated heterocycles. The van der Waals surface area contributed by atoms with Crippen LogP contribution in [-0.2, 0) is 6.54 Å². The van der Waals surface area contributed by atoms with Gasteiger partial charge in [-0.1, -0.05) is 25.3 Å². The monoisotopic (exact) mass is 374 g/mol. The quantitative estimate of drug-likeness (QED) is 0.425. The largest absolute Gasteiger partial charge is 0.384 e. The second kappa shape index (κ2) is 6.95. The molecule has 6 heteroatoms. The van der Waals surface area contributed by atoms with Gasteiger partial charge in [0.15, 0.2) is 5.65 Å². The first-order valence-corrected chi connectivity index (χ1v) is 10.1. The second-order valence-corrected chi connectivity index (χ2v) is 7.94. The zero-order chi connectivity index (χ0) is 19.1. The number of hydrogen-bond acceptors (Lipinski definition) is 4. The molecule has 1 aliphatic carbocycles. The van der Waals surface area contributed by atoms with Crippen molar-refractivity contribution in [1.29, 1.82) is 0 Å². The van der Waals surface area contributed by atoms with Crippen molar-refractivity contribution < 1.29 is 0 Å². The molecule has 0 spiro atoms. The van der Waals surface area contributed by atoms with Crippen LogP contribution in [0.5, 0.6) is 0 Å². The maximum absolute atomic E-state index is 6.01. The number of hydrogen-bond donors (Lipinski definition) is 4. The third-order valence-corrected chi connectivity index (χ3v) is 5.78. The highest BCUT2D eigenvalue weighted by molar-refractivity contribution is 5.95. The van der Waals surface area contributed by atoms with Gasteiger partial charge in [-0.15, -0.1) is 0 Å². The van der Waals surface area contributed by atoms with Crippen LogP contribution in [-0.4, -0.2) is 26.0 Å². The number of anilines is 1. The Morgan fingerprint density at radius 3 is 2.79 bits per heavy atom. The molecule has 5 rings (SSSR count). The topological polar surface area (TPSA) is 95.4 Å². The molecule has 1 saturated carbocycles. The fourth-order valence-corrected chi connectivity index (χ4v) is 4.34. The molecule has 144 valence electrons. The van der Waals surface area contributed by atoms with Crippen LogP contribution in [0, 0.1) is 6.92 Å².